The van der Waals surface area contributed by atoms with Crippen molar-refractivity contribution in [3.05, 3.63) is 22.9 Å². The first-order valence-corrected chi connectivity index (χ1v) is 10.8. The zero-order valence-electron chi connectivity index (χ0n) is 16.7. The lowest BCUT2D eigenvalue weighted by Crippen LogP contribution is -2.37. The summed E-state index contributed by atoms with van der Waals surface area (Å²) in [5.74, 6) is 0.892. The van der Waals surface area contributed by atoms with E-state index in [4.69, 9.17) is 6.57 Å². The highest BCUT2D eigenvalue weighted by molar-refractivity contribution is 5.33. The van der Waals surface area contributed by atoms with E-state index in [1.165, 1.54) is 64.7 Å². The number of nitrogens with zero attached hydrogens (tertiary/aromatic N) is 6. The monoisotopic (exact) mass is 370 g/mol. The van der Waals surface area contributed by atoms with Gasteiger partial charge in [0.15, 0.2) is 0 Å². The van der Waals surface area contributed by atoms with Crippen LogP contribution in [0.1, 0.15) is 44.9 Å². The molecule has 3 heterocycles. The van der Waals surface area contributed by atoms with E-state index in [1.807, 2.05) is 0 Å². The van der Waals surface area contributed by atoms with Crippen LogP contribution in [-0.4, -0.2) is 85.0 Å². The van der Waals surface area contributed by atoms with Crippen LogP contribution in [-0.2, 0) is 0 Å². The van der Waals surface area contributed by atoms with E-state index < -0.39 is 0 Å². The van der Waals surface area contributed by atoms with Crippen LogP contribution in [0, 0.1) is 17.9 Å². The van der Waals surface area contributed by atoms with Crippen molar-refractivity contribution in [2.75, 3.05) is 65.4 Å². The maximum atomic E-state index is 9.47. The second-order valence-electron chi connectivity index (χ2n) is 8.03. The number of piperidine rings is 2. The van der Waals surface area contributed by atoms with Crippen molar-refractivity contribution in [3.8, 4) is 6.07 Å². The predicted molar refractivity (Wildman–Crippen MR) is 108 cm³/mol. The largest absolute Gasteiger partial charge is 0.365 e. The molecule has 3 aliphatic heterocycles. The molecule has 0 aromatic carbocycles. The van der Waals surface area contributed by atoms with Crippen molar-refractivity contribution in [2.45, 2.75) is 44.9 Å². The van der Waals surface area contributed by atoms with Gasteiger partial charge >= 0.3 is 5.70 Å². The molecule has 0 unspecified atom stereocenters. The Kier molecular flexibility index (Phi) is 7.80. The highest BCUT2D eigenvalue weighted by atomic mass is 15.4. The van der Waals surface area contributed by atoms with E-state index in [9.17, 15) is 5.26 Å². The predicted octanol–water partition coefficient (Wildman–Crippen LogP) is 2.58. The Hall–Kier alpha value is -1.76. The van der Waals surface area contributed by atoms with E-state index in [0.29, 0.717) is 0 Å². The summed E-state index contributed by atoms with van der Waals surface area (Å²) in [7, 11) is 0. The van der Waals surface area contributed by atoms with E-state index >= 15 is 0 Å². The lowest BCUT2D eigenvalue weighted by atomic mass is 10.1. The standard InChI is InChI=1S/C21H34N6/c1-23-20(19-22)21-26(14-8-13-24-9-4-2-5-10-24)17-18-27(21)16-15-25-11-6-3-7-12-25/h2-18H2/b21-20-. The fourth-order valence-electron chi connectivity index (χ4n) is 4.63. The fourth-order valence-corrected chi connectivity index (χ4v) is 4.63. The minimum atomic E-state index is 0.268. The zero-order valence-corrected chi connectivity index (χ0v) is 16.7. The number of nitriles is 1. The van der Waals surface area contributed by atoms with Gasteiger partial charge in [-0.2, -0.15) is 0 Å². The maximum absolute atomic E-state index is 9.47. The van der Waals surface area contributed by atoms with Crippen LogP contribution in [0.25, 0.3) is 4.85 Å². The Labute approximate surface area is 164 Å². The van der Waals surface area contributed by atoms with Gasteiger partial charge in [-0.05, 0) is 64.8 Å². The van der Waals surface area contributed by atoms with Gasteiger partial charge in [0.25, 0.3) is 0 Å². The quantitative estimate of drug-likeness (QED) is 0.509. The molecule has 27 heavy (non-hydrogen) atoms. The molecule has 0 N–H and O–H groups in total. The van der Waals surface area contributed by atoms with Crippen molar-refractivity contribution in [2.24, 2.45) is 0 Å². The average molecular weight is 371 g/mol. The molecule has 3 aliphatic rings. The molecule has 0 aromatic heterocycles. The van der Waals surface area contributed by atoms with Crippen molar-refractivity contribution in [1.29, 1.82) is 5.26 Å². The molecule has 3 fully saturated rings. The van der Waals surface area contributed by atoms with Crippen LogP contribution in [0.2, 0.25) is 0 Å². The summed E-state index contributed by atoms with van der Waals surface area (Å²) in [6.07, 6.45) is 9.10. The molecular weight excluding hydrogens is 336 g/mol. The van der Waals surface area contributed by atoms with Crippen LogP contribution < -0.4 is 0 Å². The van der Waals surface area contributed by atoms with Crippen LogP contribution in [0.15, 0.2) is 11.5 Å². The lowest BCUT2D eigenvalue weighted by molar-refractivity contribution is 0.199. The Balaban J connectivity index is 1.54. The third-order valence-electron chi connectivity index (χ3n) is 6.15. The number of hydrogen-bond donors (Lipinski definition) is 0. The van der Waals surface area contributed by atoms with Crippen molar-refractivity contribution >= 4 is 0 Å². The Morgan fingerprint density at radius 2 is 1.33 bits per heavy atom. The van der Waals surface area contributed by atoms with Gasteiger partial charge in [0.2, 0.25) is 0 Å². The fraction of sp³-hybridized carbons (Fsp3) is 0.810. The molecule has 3 rings (SSSR count). The molecule has 0 bridgehead atoms. The Morgan fingerprint density at radius 1 is 0.778 bits per heavy atom. The van der Waals surface area contributed by atoms with Gasteiger partial charge in [0, 0.05) is 32.7 Å². The van der Waals surface area contributed by atoms with E-state index in [-0.39, 0.29) is 5.70 Å². The van der Waals surface area contributed by atoms with Gasteiger partial charge < -0.3 is 19.6 Å². The summed E-state index contributed by atoms with van der Waals surface area (Å²) >= 11 is 0. The number of likely N-dealkylation sites (tertiary alicyclic amines) is 2. The van der Waals surface area contributed by atoms with Gasteiger partial charge in [-0.25, -0.2) is 10.1 Å². The van der Waals surface area contributed by atoms with Crippen LogP contribution in [0.3, 0.4) is 0 Å². The molecule has 3 saturated heterocycles. The molecule has 0 spiro atoms. The van der Waals surface area contributed by atoms with E-state index in [2.05, 4.69) is 30.5 Å². The Morgan fingerprint density at radius 3 is 1.89 bits per heavy atom. The molecule has 6 nitrogen and oxygen atoms in total. The SMILES string of the molecule is [C-]#[N+]/C(C#N)=C1/N(CCCN2CCCCC2)CCN1CCN1CCCCC1. The van der Waals surface area contributed by atoms with E-state index in [1.54, 1.807) is 0 Å². The van der Waals surface area contributed by atoms with Gasteiger partial charge in [-0.3, -0.25) is 0 Å². The van der Waals surface area contributed by atoms with Gasteiger partial charge in [-0.1, -0.05) is 12.8 Å². The number of allylic oxidation sites excluding steroid dienone is 1. The molecule has 0 saturated carbocycles. The minimum absolute atomic E-state index is 0.268. The van der Waals surface area contributed by atoms with Crippen LogP contribution in [0.5, 0.6) is 0 Å². The first-order valence-electron chi connectivity index (χ1n) is 10.8. The summed E-state index contributed by atoms with van der Waals surface area (Å²) in [6.45, 7) is 18.2. The summed E-state index contributed by atoms with van der Waals surface area (Å²) in [4.78, 5) is 13.2. The number of hydrogen-bond acceptors (Lipinski definition) is 5. The molecule has 0 aromatic rings. The van der Waals surface area contributed by atoms with Crippen molar-refractivity contribution < 1.29 is 0 Å². The topological polar surface area (TPSA) is 41.1 Å². The van der Waals surface area contributed by atoms with E-state index in [0.717, 1.165) is 51.5 Å². The molecular formula is C21H34N6. The third-order valence-corrected chi connectivity index (χ3v) is 6.15. The average Bonchev–Trinajstić information content (AvgIpc) is 3.12. The summed E-state index contributed by atoms with van der Waals surface area (Å²) in [5, 5.41) is 9.47. The van der Waals surface area contributed by atoms with Crippen LogP contribution in [0.4, 0.5) is 0 Å². The molecule has 0 radical (unpaired) electrons. The first-order chi connectivity index (χ1) is 13.3. The van der Waals surface area contributed by atoms with Crippen LogP contribution >= 0.6 is 0 Å². The summed E-state index contributed by atoms with van der Waals surface area (Å²) in [6, 6.07) is 2.15. The normalized spacial score (nSPS) is 23.9. The lowest BCUT2D eigenvalue weighted by Gasteiger charge is -2.31. The van der Waals surface area contributed by atoms with Gasteiger partial charge in [0.1, 0.15) is 5.82 Å². The zero-order chi connectivity index (χ0) is 18.9. The van der Waals surface area contributed by atoms with Gasteiger partial charge in [-0.15, -0.1) is 0 Å². The minimum Gasteiger partial charge on any atom is -0.365 e. The second-order valence-corrected chi connectivity index (χ2v) is 8.03. The molecule has 0 aliphatic carbocycles. The molecule has 0 atom stereocenters. The molecule has 0 amide bonds. The van der Waals surface area contributed by atoms with Crippen molar-refractivity contribution in [1.82, 2.24) is 19.6 Å². The second kappa shape index (κ2) is 10.5. The van der Waals surface area contributed by atoms with Crippen molar-refractivity contribution in [3.63, 3.8) is 0 Å². The Bertz CT molecular complexity index is 558. The molecule has 148 valence electrons. The highest BCUT2D eigenvalue weighted by Gasteiger charge is 2.28. The van der Waals surface area contributed by atoms with Gasteiger partial charge in [0.05, 0.1) is 12.6 Å². The maximum Gasteiger partial charge on any atom is 0.300 e. The summed E-state index contributed by atoms with van der Waals surface area (Å²) in [5.41, 5.74) is 0.268. The highest BCUT2D eigenvalue weighted by Crippen LogP contribution is 2.23. The molecule has 6 heteroatoms. The third kappa shape index (κ3) is 5.61. The smallest absolute Gasteiger partial charge is 0.300 e. The number of rotatable bonds is 7. The summed E-state index contributed by atoms with van der Waals surface area (Å²) < 4.78 is 0. The first kappa shape index (κ1) is 20.0.